The zero-order valence-corrected chi connectivity index (χ0v) is 10.9. The highest BCUT2D eigenvalue weighted by Gasteiger charge is 2.34. The third kappa shape index (κ3) is 3.19. The minimum Gasteiger partial charge on any atom is -0.396 e. The Hall–Kier alpha value is -1.28. The van der Waals surface area contributed by atoms with E-state index in [0.717, 1.165) is 6.07 Å². The number of alkyl halides is 3. The van der Waals surface area contributed by atoms with Crippen molar-refractivity contribution in [2.75, 3.05) is 12.4 Å². The van der Waals surface area contributed by atoms with E-state index in [-0.39, 0.29) is 12.5 Å². The first kappa shape index (κ1) is 14.1. The van der Waals surface area contributed by atoms with Gasteiger partial charge in [0.2, 0.25) is 0 Å². The van der Waals surface area contributed by atoms with Crippen molar-refractivity contribution in [3.8, 4) is 0 Å². The molecule has 0 aromatic carbocycles. The van der Waals surface area contributed by atoms with Crippen LogP contribution in [0, 0.1) is 5.92 Å². The van der Waals surface area contributed by atoms with Crippen molar-refractivity contribution in [3.05, 3.63) is 24.2 Å². The molecule has 1 atom stereocenters. The molecule has 4 nitrogen and oxygen atoms in total. The Balaban J connectivity index is 2.32. The minimum absolute atomic E-state index is 0.0309. The van der Waals surface area contributed by atoms with E-state index in [0.29, 0.717) is 16.3 Å². The lowest BCUT2D eigenvalue weighted by atomic mass is 10.2. The first-order valence-electron chi connectivity index (χ1n) is 5.57. The minimum atomic E-state index is -4.47. The number of hydrogen-bond donors (Lipinski definition) is 1. The van der Waals surface area contributed by atoms with Crippen LogP contribution in [-0.4, -0.2) is 32.1 Å². The van der Waals surface area contributed by atoms with Gasteiger partial charge in [-0.2, -0.15) is 18.3 Å². The molecule has 0 bridgehead atoms. The summed E-state index contributed by atoms with van der Waals surface area (Å²) < 4.78 is 38.9. The van der Waals surface area contributed by atoms with Crippen LogP contribution in [0.15, 0.2) is 23.5 Å². The van der Waals surface area contributed by atoms with Crippen LogP contribution in [-0.2, 0) is 6.18 Å². The fourth-order valence-electron chi connectivity index (χ4n) is 1.42. The summed E-state index contributed by atoms with van der Waals surface area (Å²) in [4.78, 5) is 4.06. The van der Waals surface area contributed by atoms with E-state index in [4.69, 9.17) is 5.11 Å². The Kier molecular flexibility index (Phi) is 4.00. The number of rotatable bonds is 4. The Morgan fingerprint density at radius 3 is 2.84 bits per heavy atom. The molecule has 0 spiro atoms. The second-order valence-corrected chi connectivity index (χ2v) is 5.20. The largest absolute Gasteiger partial charge is 0.435 e. The summed E-state index contributed by atoms with van der Waals surface area (Å²) in [6, 6.07) is 0.985. The SMILES string of the molecule is CC(CO)CSc1nccn2nc(C(F)(F)F)cc12. The molecule has 2 rings (SSSR count). The summed E-state index contributed by atoms with van der Waals surface area (Å²) in [5.74, 6) is 0.632. The van der Waals surface area contributed by atoms with E-state index in [9.17, 15) is 13.2 Å². The Morgan fingerprint density at radius 2 is 2.21 bits per heavy atom. The Labute approximate surface area is 111 Å². The van der Waals surface area contributed by atoms with Gasteiger partial charge in [-0.3, -0.25) is 0 Å². The molecule has 0 radical (unpaired) electrons. The van der Waals surface area contributed by atoms with Crippen molar-refractivity contribution in [2.24, 2.45) is 5.92 Å². The van der Waals surface area contributed by atoms with Crippen LogP contribution in [0.3, 0.4) is 0 Å². The van der Waals surface area contributed by atoms with Crippen LogP contribution in [0.5, 0.6) is 0 Å². The molecule has 104 valence electrons. The zero-order valence-electron chi connectivity index (χ0n) is 10.1. The average Bonchev–Trinajstić information content (AvgIpc) is 2.80. The second kappa shape index (κ2) is 5.38. The monoisotopic (exact) mass is 291 g/mol. The molecule has 0 saturated carbocycles. The topological polar surface area (TPSA) is 50.4 Å². The lowest BCUT2D eigenvalue weighted by molar-refractivity contribution is -0.141. The second-order valence-electron chi connectivity index (χ2n) is 4.19. The molecule has 19 heavy (non-hydrogen) atoms. The van der Waals surface area contributed by atoms with Gasteiger partial charge in [-0.15, -0.1) is 11.8 Å². The van der Waals surface area contributed by atoms with Gasteiger partial charge in [0.25, 0.3) is 0 Å². The number of hydrogen-bond acceptors (Lipinski definition) is 4. The Bertz CT molecular complexity index is 570. The molecule has 2 heterocycles. The van der Waals surface area contributed by atoms with Gasteiger partial charge in [-0.05, 0) is 12.0 Å². The number of aromatic nitrogens is 3. The van der Waals surface area contributed by atoms with Gasteiger partial charge in [-0.25, -0.2) is 9.50 Å². The van der Waals surface area contributed by atoms with Crippen LogP contribution in [0.2, 0.25) is 0 Å². The van der Waals surface area contributed by atoms with Gasteiger partial charge in [0.1, 0.15) is 5.03 Å². The number of nitrogens with zero attached hydrogens (tertiary/aromatic N) is 3. The summed E-state index contributed by atoms with van der Waals surface area (Å²) in [5, 5.41) is 12.9. The highest BCUT2D eigenvalue weighted by atomic mass is 32.2. The van der Waals surface area contributed by atoms with Gasteiger partial charge in [-0.1, -0.05) is 6.92 Å². The maximum absolute atomic E-state index is 12.6. The van der Waals surface area contributed by atoms with Crippen LogP contribution in [0.4, 0.5) is 13.2 Å². The van der Waals surface area contributed by atoms with E-state index in [1.54, 1.807) is 0 Å². The number of halogens is 3. The predicted octanol–water partition coefficient (Wildman–Crippen LogP) is 2.47. The molecule has 0 fully saturated rings. The van der Waals surface area contributed by atoms with Crippen LogP contribution >= 0.6 is 11.8 Å². The summed E-state index contributed by atoms with van der Waals surface area (Å²) in [7, 11) is 0. The summed E-state index contributed by atoms with van der Waals surface area (Å²) >= 11 is 1.31. The summed E-state index contributed by atoms with van der Waals surface area (Å²) in [6.07, 6.45) is -1.68. The molecule has 2 aromatic rings. The molecule has 0 aliphatic rings. The molecule has 0 saturated heterocycles. The van der Waals surface area contributed by atoms with E-state index in [1.165, 1.54) is 28.7 Å². The number of fused-ring (bicyclic) bond motifs is 1. The Morgan fingerprint density at radius 1 is 1.47 bits per heavy atom. The van der Waals surface area contributed by atoms with Crippen LogP contribution in [0.1, 0.15) is 12.6 Å². The molecule has 0 amide bonds. The van der Waals surface area contributed by atoms with Crippen molar-refractivity contribution >= 4 is 17.3 Å². The van der Waals surface area contributed by atoms with Crippen LogP contribution < -0.4 is 0 Å². The third-order valence-electron chi connectivity index (χ3n) is 2.46. The first-order chi connectivity index (χ1) is 8.91. The first-order valence-corrected chi connectivity index (χ1v) is 6.55. The molecule has 1 unspecified atom stereocenters. The highest BCUT2D eigenvalue weighted by Crippen LogP contribution is 2.31. The molecule has 2 aromatic heterocycles. The summed E-state index contributed by atoms with van der Waals surface area (Å²) in [6.45, 7) is 1.88. The number of aliphatic hydroxyl groups excluding tert-OH is 1. The number of thioether (sulfide) groups is 1. The maximum Gasteiger partial charge on any atom is 0.435 e. The maximum atomic E-state index is 12.6. The van der Waals surface area contributed by atoms with Crippen molar-refractivity contribution < 1.29 is 18.3 Å². The fourth-order valence-corrected chi connectivity index (χ4v) is 2.41. The molecule has 0 aliphatic carbocycles. The molecule has 8 heteroatoms. The standard InChI is InChI=1S/C11H12F3N3OS/c1-7(5-18)6-19-10-8-4-9(11(12,13)14)16-17(8)3-2-15-10/h2-4,7,18H,5-6H2,1H3. The third-order valence-corrected chi connectivity index (χ3v) is 3.78. The normalized spacial score (nSPS) is 13.9. The van der Waals surface area contributed by atoms with E-state index >= 15 is 0 Å². The molecular formula is C11H12F3N3OS. The lowest BCUT2D eigenvalue weighted by Gasteiger charge is -2.06. The van der Waals surface area contributed by atoms with E-state index in [1.807, 2.05) is 6.92 Å². The highest BCUT2D eigenvalue weighted by molar-refractivity contribution is 7.99. The smallest absolute Gasteiger partial charge is 0.396 e. The molecule has 0 aliphatic heterocycles. The lowest BCUT2D eigenvalue weighted by Crippen LogP contribution is -2.05. The van der Waals surface area contributed by atoms with Gasteiger partial charge in [0.05, 0.1) is 5.52 Å². The van der Waals surface area contributed by atoms with E-state index < -0.39 is 11.9 Å². The summed E-state index contributed by atoms with van der Waals surface area (Å²) in [5.41, 5.74) is -0.609. The van der Waals surface area contributed by atoms with Gasteiger partial charge in [0, 0.05) is 24.8 Å². The van der Waals surface area contributed by atoms with Crippen molar-refractivity contribution in [1.29, 1.82) is 0 Å². The zero-order chi connectivity index (χ0) is 14.0. The average molecular weight is 291 g/mol. The van der Waals surface area contributed by atoms with Gasteiger partial charge < -0.3 is 5.11 Å². The fraction of sp³-hybridized carbons (Fsp3) is 0.455. The van der Waals surface area contributed by atoms with Gasteiger partial charge in [0.15, 0.2) is 5.69 Å². The van der Waals surface area contributed by atoms with E-state index in [2.05, 4.69) is 10.1 Å². The van der Waals surface area contributed by atoms with Crippen molar-refractivity contribution in [2.45, 2.75) is 18.1 Å². The molecular weight excluding hydrogens is 279 g/mol. The predicted molar refractivity (Wildman–Crippen MR) is 65.0 cm³/mol. The number of aliphatic hydroxyl groups is 1. The van der Waals surface area contributed by atoms with Crippen molar-refractivity contribution in [1.82, 2.24) is 14.6 Å². The molecule has 1 N–H and O–H groups in total. The van der Waals surface area contributed by atoms with Gasteiger partial charge >= 0.3 is 6.18 Å². The quantitative estimate of drug-likeness (QED) is 0.879. The van der Waals surface area contributed by atoms with Crippen LogP contribution in [0.25, 0.3) is 5.52 Å². The van der Waals surface area contributed by atoms with Crippen molar-refractivity contribution in [3.63, 3.8) is 0 Å².